The Labute approximate surface area is 225 Å². The average Bonchev–Trinajstić information content (AvgIpc) is 3.35. The number of amides is 2. The molecule has 2 aromatic heterocycles. The van der Waals surface area contributed by atoms with Crippen LogP contribution in [0.4, 0.5) is 5.13 Å². The number of fused-ring (bicyclic) bond motifs is 2. The predicted octanol–water partition coefficient (Wildman–Crippen LogP) is 0.177. The Bertz CT molecular complexity index is 1530. The number of aromatic nitrogens is 2. The van der Waals surface area contributed by atoms with Crippen LogP contribution in [-0.2, 0) is 25.8 Å². The Hall–Kier alpha value is -4.23. The van der Waals surface area contributed by atoms with Crippen LogP contribution in [0.3, 0.4) is 0 Å². The highest BCUT2D eigenvalue weighted by atomic mass is 32.2. The lowest BCUT2D eigenvalue weighted by atomic mass is 9.94. The lowest BCUT2D eigenvalue weighted by Crippen LogP contribution is -2.73. The van der Waals surface area contributed by atoms with Gasteiger partial charge in [-0.05, 0) is 23.6 Å². The minimum atomic E-state index is -1.46. The van der Waals surface area contributed by atoms with E-state index in [1.807, 2.05) is 53.4 Å². The molecule has 1 aromatic carbocycles. The molecular weight excluding hydrogens is 528 g/mol. The minimum absolute atomic E-state index is 0.138. The summed E-state index contributed by atoms with van der Waals surface area (Å²) in [5, 5.41) is 22.4. The maximum Gasteiger partial charge on any atom is 0.276 e. The molecule has 0 aliphatic carbocycles. The molecule has 3 aromatic rings. The van der Waals surface area contributed by atoms with Crippen molar-refractivity contribution in [2.75, 3.05) is 18.6 Å². The minimum Gasteiger partial charge on any atom is -0.543 e. The van der Waals surface area contributed by atoms with E-state index >= 15 is 0 Å². The number of anilines is 1. The molecule has 11 nitrogen and oxygen atoms in total. The number of thioether (sulfide) groups is 1. The fourth-order valence-electron chi connectivity index (χ4n) is 4.31. The van der Waals surface area contributed by atoms with E-state index in [1.165, 1.54) is 23.8 Å². The zero-order valence-corrected chi connectivity index (χ0v) is 21.7. The number of oxime groups is 1. The first-order valence-corrected chi connectivity index (χ1v) is 13.3. The third-order valence-corrected chi connectivity index (χ3v) is 7.90. The van der Waals surface area contributed by atoms with Crippen molar-refractivity contribution in [3.05, 3.63) is 76.6 Å². The van der Waals surface area contributed by atoms with Crippen LogP contribution < -0.4 is 20.7 Å². The van der Waals surface area contributed by atoms with Gasteiger partial charge < -0.3 is 30.7 Å². The first-order chi connectivity index (χ1) is 18.4. The summed E-state index contributed by atoms with van der Waals surface area (Å²) in [4.78, 5) is 48.3. The number of nitrogens with two attached hydrogens (primary N) is 1. The fourth-order valence-corrected chi connectivity index (χ4v) is 6.06. The number of nitrogens with one attached hydrogen (secondary N) is 1. The number of benzene rings is 1. The molecule has 0 spiro atoms. The molecule has 0 saturated carbocycles. The summed E-state index contributed by atoms with van der Waals surface area (Å²) in [7, 11) is 1.28. The zero-order chi connectivity index (χ0) is 26.8. The molecule has 38 heavy (non-hydrogen) atoms. The number of hydrogen-bond donors (Lipinski definition) is 2. The Morgan fingerprint density at radius 3 is 2.84 bits per heavy atom. The number of thiazole rings is 1. The highest BCUT2D eigenvalue weighted by molar-refractivity contribution is 8.03. The van der Waals surface area contributed by atoms with Crippen molar-refractivity contribution in [1.82, 2.24) is 15.2 Å². The number of nitrogens with zero attached hydrogens (tertiary/aromatic N) is 4. The molecule has 1 saturated heterocycles. The van der Waals surface area contributed by atoms with E-state index in [1.54, 1.807) is 11.5 Å². The number of aliphatic carboxylic acids is 1. The number of hydrogen-bond acceptors (Lipinski definition) is 10. The first kappa shape index (κ1) is 25.4. The van der Waals surface area contributed by atoms with Gasteiger partial charge in [-0.2, -0.15) is 0 Å². The van der Waals surface area contributed by atoms with Gasteiger partial charge in [-0.15, -0.1) is 23.1 Å². The second-order valence-corrected chi connectivity index (χ2v) is 10.4. The smallest absolute Gasteiger partial charge is 0.276 e. The number of nitrogen functional groups attached to an aromatic ring is 1. The van der Waals surface area contributed by atoms with Crippen molar-refractivity contribution in [1.29, 1.82) is 0 Å². The van der Waals surface area contributed by atoms with Crippen molar-refractivity contribution >= 4 is 62.5 Å². The average molecular weight is 551 g/mol. The number of β-lactam (4-membered cyclic amide) rings is 1. The quantitative estimate of drug-likeness (QED) is 0.174. The predicted molar refractivity (Wildman–Crippen MR) is 140 cm³/mol. The van der Waals surface area contributed by atoms with Gasteiger partial charge in [0.15, 0.2) is 29.8 Å². The third-order valence-electron chi connectivity index (χ3n) is 6.08. The van der Waals surface area contributed by atoms with Crippen molar-refractivity contribution in [3.8, 4) is 0 Å². The molecule has 2 amide bonds. The fraction of sp³-hybridized carbons (Fsp3) is 0.200. The van der Waals surface area contributed by atoms with Gasteiger partial charge in [0.05, 0.1) is 17.7 Å². The van der Waals surface area contributed by atoms with Crippen LogP contribution in [-0.4, -0.2) is 58.3 Å². The van der Waals surface area contributed by atoms with Gasteiger partial charge in [0, 0.05) is 27.5 Å². The summed E-state index contributed by atoms with van der Waals surface area (Å²) in [5.41, 5.74) is 5.51. The molecule has 0 bridgehead atoms. The topological polar surface area (TPSA) is 154 Å². The SMILES string of the molecule is CON=C(C(=O)N[C@@H]1C(=O)N2C(C(=O)[O-])=C(/C=C/C[n+]3ccc4ccccc4c3)SC[C@H]12)c1csc(N)n1. The summed E-state index contributed by atoms with van der Waals surface area (Å²) >= 11 is 2.41. The Morgan fingerprint density at radius 2 is 2.13 bits per heavy atom. The lowest BCUT2D eigenvalue weighted by Gasteiger charge is -2.50. The number of carboxylic acids is 1. The Kier molecular flexibility index (Phi) is 7.11. The third kappa shape index (κ3) is 4.85. The van der Waals surface area contributed by atoms with Crippen molar-refractivity contribution in [2.45, 2.75) is 18.6 Å². The van der Waals surface area contributed by atoms with E-state index in [9.17, 15) is 19.5 Å². The van der Waals surface area contributed by atoms with Crippen molar-refractivity contribution < 1.29 is 28.9 Å². The van der Waals surface area contributed by atoms with E-state index in [-0.39, 0.29) is 22.2 Å². The van der Waals surface area contributed by atoms with E-state index < -0.39 is 29.9 Å². The van der Waals surface area contributed by atoms with Crippen LogP contribution in [0.25, 0.3) is 10.8 Å². The number of allylic oxidation sites excluding steroid dienone is 2. The van der Waals surface area contributed by atoms with E-state index in [2.05, 4.69) is 15.5 Å². The van der Waals surface area contributed by atoms with Crippen LogP contribution in [0, 0.1) is 0 Å². The number of carbonyl (C=O) groups is 3. The van der Waals surface area contributed by atoms with Gasteiger partial charge >= 0.3 is 0 Å². The summed E-state index contributed by atoms with van der Waals surface area (Å²) in [6.45, 7) is 0.508. The molecule has 0 radical (unpaired) electrons. The van der Waals surface area contributed by atoms with Crippen molar-refractivity contribution in [3.63, 3.8) is 0 Å². The van der Waals surface area contributed by atoms with Crippen molar-refractivity contribution in [2.24, 2.45) is 5.16 Å². The van der Waals surface area contributed by atoms with Gasteiger partial charge in [-0.3, -0.25) is 9.59 Å². The molecule has 2 atom stereocenters. The first-order valence-electron chi connectivity index (χ1n) is 11.5. The molecule has 4 heterocycles. The number of carboxylic acid groups (broad SMARTS) is 1. The van der Waals surface area contributed by atoms with Gasteiger partial charge in [-0.1, -0.05) is 23.4 Å². The number of carbonyl (C=O) groups excluding carboxylic acids is 3. The van der Waals surface area contributed by atoms with E-state index in [0.717, 1.165) is 22.1 Å². The van der Waals surface area contributed by atoms with Gasteiger partial charge in [0.2, 0.25) is 0 Å². The van der Waals surface area contributed by atoms with Gasteiger partial charge in [0.25, 0.3) is 11.8 Å². The summed E-state index contributed by atoms with van der Waals surface area (Å²) < 4.78 is 1.98. The maximum atomic E-state index is 13.0. The Morgan fingerprint density at radius 1 is 1.34 bits per heavy atom. The summed E-state index contributed by atoms with van der Waals surface area (Å²) in [6, 6.07) is 8.51. The zero-order valence-electron chi connectivity index (χ0n) is 20.1. The van der Waals surface area contributed by atoms with Crippen LogP contribution >= 0.6 is 23.1 Å². The Balaban J connectivity index is 1.30. The van der Waals surface area contributed by atoms with E-state index in [4.69, 9.17) is 10.6 Å². The molecule has 1 fully saturated rings. The molecule has 0 unspecified atom stereocenters. The number of pyridine rings is 1. The van der Waals surface area contributed by atoms with Gasteiger partial charge in [-0.25, -0.2) is 9.55 Å². The van der Waals surface area contributed by atoms with Gasteiger partial charge in [0.1, 0.15) is 18.8 Å². The molecule has 13 heteroatoms. The van der Waals surface area contributed by atoms with E-state index in [0.29, 0.717) is 17.2 Å². The second kappa shape index (κ2) is 10.6. The van der Waals surface area contributed by atoms with Crippen LogP contribution in [0.2, 0.25) is 0 Å². The molecule has 5 rings (SSSR count). The van der Waals surface area contributed by atoms with Crippen LogP contribution in [0.15, 0.2) is 76.0 Å². The molecule has 194 valence electrons. The highest BCUT2D eigenvalue weighted by Gasteiger charge is 2.52. The number of rotatable bonds is 8. The monoisotopic (exact) mass is 550 g/mol. The maximum absolute atomic E-state index is 13.0. The van der Waals surface area contributed by atoms with Crippen LogP contribution in [0.5, 0.6) is 0 Å². The summed E-state index contributed by atoms with van der Waals surface area (Å²) in [5.74, 6) is -2.31. The molecule has 3 N–H and O–H groups in total. The largest absolute Gasteiger partial charge is 0.543 e. The second-order valence-electron chi connectivity index (χ2n) is 8.40. The lowest BCUT2D eigenvalue weighted by molar-refractivity contribution is -0.685. The standard InChI is InChI=1S/C25H22N6O5S2/c1-36-29-19(16-12-38-25(26)27-16)22(32)28-20-17-13-37-18(21(24(34)35)31(17)23(20)33)7-4-9-30-10-8-14-5-2-3-6-15(14)11-30/h2-8,10-12,17,20H,9,13H2,1H3,(H3-,26,27,28,32,34,35)/b7-4+,29-19?/t17-,20+/m1/s1. The summed E-state index contributed by atoms with van der Waals surface area (Å²) in [6.07, 6.45) is 7.46. The molecule has 2 aliphatic rings. The highest BCUT2D eigenvalue weighted by Crippen LogP contribution is 2.39. The molecular formula is C25H22N6O5S2. The normalized spacial score (nSPS) is 19.4. The van der Waals surface area contributed by atoms with Crippen LogP contribution in [0.1, 0.15) is 5.69 Å². The molecule has 2 aliphatic heterocycles.